The van der Waals surface area contributed by atoms with E-state index in [1.54, 1.807) is 0 Å². The van der Waals surface area contributed by atoms with Crippen molar-refractivity contribution in [2.24, 2.45) is 0 Å². The zero-order valence-corrected chi connectivity index (χ0v) is 21.2. The third-order valence-electron chi connectivity index (χ3n) is 4.58. The van der Waals surface area contributed by atoms with Crippen LogP contribution in [0.3, 0.4) is 0 Å². The molecule has 1 aromatic heterocycles. The Balaban J connectivity index is 1.70. The Labute approximate surface area is 209 Å². The first-order valence-electron chi connectivity index (χ1n) is 9.80. The van der Waals surface area contributed by atoms with Crippen LogP contribution in [-0.4, -0.2) is 65.5 Å². The van der Waals surface area contributed by atoms with Crippen molar-refractivity contribution in [2.75, 3.05) is 17.3 Å². The summed E-state index contributed by atoms with van der Waals surface area (Å²) in [7, 11) is -10.0. The van der Waals surface area contributed by atoms with Crippen LogP contribution in [-0.2, 0) is 27.7 Å². The van der Waals surface area contributed by atoms with Gasteiger partial charge in [-0.05, 0) is 24.3 Å². The van der Waals surface area contributed by atoms with Crippen molar-refractivity contribution in [3.8, 4) is 5.75 Å². The van der Waals surface area contributed by atoms with Gasteiger partial charge < -0.3 is 29.5 Å². The molecule has 1 aliphatic heterocycles. The topological polar surface area (TPSA) is 236 Å². The number of aliphatic hydroxyl groups excluding tert-OH is 1. The monoisotopic (exact) mass is 615 g/mol. The summed E-state index contributed by atoms with van der Waals surface area (Å²) in [4.78, 5) is 65.1. The van der Waals surface area contributed by atoms with E-state index in [-0.39, 0.29) is 17.0 Å². The van der Waals surface area contributed by atoms with Gasteiger partial charge in [0.2, 0.25) is 5.91 Å². The minimum atomic E-state index is -5.20. The molecule has 0 aliphatic carbocycles. The zero-order valence-electron chi connectivity index (χ0n) is 17.9. The molecule has 19 heteroatoms. The van der Waals surface area contributed by atoms with Crippen LogP contribution < -0.4 is 21.1 Å². The molecule has 0 radical (unpaired) electrons. The molecule has 5 unspecified atom stereocenters. The number of H-pyrrole nitrogens is 1. The molecule has 16 nitrogen and oxygen atoms in total. The Morgan fingerprint density at radius 1 is 1.17 bits per heavy atom. The molecule has 198 valence electrons. The quantitative estimate of drug-likeness (QED) is 0.150. The Hall–Kier alpha value is -2.17. The average molecular weight is 616 g/mol. The molecule has 5 atom stereocenters. The zero-order chi connectivity index (χ0) is 26.7. The molecule has 3 rings (SSSR count). The van der Waals surface area contributed by atoms with Crippen LogP contribution in [0.15, 0.2) is 46.1 Å². The molecule has 2 aromatic rings. The number of carbonyl (C=O) groups is 1. The number of amides is 1. The highest BCUT2D eigenvalue weighted by atomic mass is 79.9. The van der Waals surface area contributed by atoms with Crippen molar-refractivity contribution in [1.82, 2.24) is 9.55 Å². The SMILES string of the molecule is O=C(CBr)Nc1ccc(OP(=O)(O)OCC2OC(n3ccc(=O)[nH]c3=O)C(OP(=O)(O)O)C2O)cc1. The van der Waals surface area contributed by atoms with Crippen LogP contribution in [0.4, 0.5) is 5.69 Å². The number of aliphatic hydroxyl groups is 1. The predicted octanol–water partition coefficient (Wildman–Crippen LogP) is -0.198. The van der Waals surface area contributed by atoms with Gasteiger partial charge in [0.25, 0.3) is 5.56 Å². The van der Waals surface area contributed by atoms with E-state index in [9.17, 15) is 43.3 Å². The van der Waals surface area contributed by atoms with Gasteiger partial charge in [-0.25, -0.2) is 13.9 Å². The molecule has 2 heterocycles. The number of halogens is 1. The fraction of sp³-hybridized carbons (Fsp3) is 0.353. The number of aromatic nitrogens is 2. The van der Waals surface area contributed by atoms with Crippen molar-refractivity contribution >= 4 is 43.2 Å². The third kappa shape index (κ3) is 7.66. The van der Waals surface area contributed by atoms with Gasteiger partial charge in [-0.1, -0.05) is 15.9 Å². The lowest BCUT2D eigenvalue weighted by atomic mass is 10.1. The lowest BCUT2D eigenvalue weighted by molar-refractivity contribution is -0.113. The maximum absolute atomic E-state index is 12.4. The van der Waals surface area contributed by atoms with Gasteiger partial charge in [0.05, 0.1) is 11.9 Å². The first-order chi connectivity index (χ1) is 16.8. The summed E-state index contributed by atoms with van der Waals surface area (Å²) < 4.78 is 44.2. The second-order valence-electron chi connectivity index (χ2n) is 7.20. The van der Waals surface area contributed by atoms with Crippen LogP contribution >= 0.6 is 31.6 Å². The summed E-state index contributed by atoms with van der Waals surface area (Å²) in [5.74, 6) is -0.427. The van der Waals surface area contributed by atoms with Gasteiger partial charge in [-0.3, -0.25) is 33.1 Å². The van der Waals surface area contributed by atoms with Gasteiger partial charge in [0.15, 0.2) is 6.23 Å². The number of anilines is 1. The van der Waals surface area contributed by atoms with Crippen molar-refractivity contribution in [3.63, 3.8) is 0 Å². The molecular weight excluding hydrogens is 596 g/mol. The lowest BCUT2D eigenvalue weighted by Gasteiger charge is -2.22. The highest BCUT2D eigenvalue weighted by molar-refractivity contribution is 9.09. The van der Waals surface area contributed by atoms with E-state index in [1.807, 2.05) is 4.98 Å². The van der Waals surface area contributed by atoms with Gasteiger partial charge in [0.1, 0.15) is 24.1 Å². The van der Waals surface area contributed by atoms with Gasteiger partial charge >= 0.3 is 21.3 Å². The summed E-state index contributed by atoms with van der Waals surface area (Å²) in [6.07, 6.45) is -5.90. The minimum absolute atomic E-state index is 0.0672. The lowest BCUT2D eigenvalue weighted by Crippen LogP contribution is -2.39. The normalized spacial score (nSPS) is 23.7. The van der Waals surface area contributed by atoms with Crippen LogP contribution in [0.5, 0.6) is 5.75 Å². The molecule has 1 amide bonds. The summed E-state index contributed by atoms with van der Waals surface area (Å²) in [6.45, 7) is -0.829. The van der Waals surface area contributed by atoms with E-state index in [0.29, 0.717) is 10.3 Å². The van der Waals surface area contributed by atoms with E-state index >= 15 is 0 Å². The Kier molecular flexibility index (Phi) is 9.06. The fourth-order valence-corrected chi connectivity index (χ4v) is 4.56. The number of phosphoric ester groups is 2. The summed E-state index contributed by atoms with van der Waals surface area (Å²) in [6, 6.07) is 6.27. The highest BCUT2D eigenvalue weighted by Gasteiger charge is 2.49. The molecule has 1 aromatic carbocycles. The Bertz CT molecular complexity index is 1290. The first kappa shape index (κ1) is 28.4. The Morgan fingerprint density at radius 2 is 1.83 bits per heavy atom. The molecule has 36 heavy (non-hydrogen) atoms. The van der Waals surface area contributed by atoms with Crippen LogP contribution in [0.25, 0.3) is 0 Å². The molecule has 0 saturated carbocycles. The van der Waals surface area contributed by atoms with Crippen LogP contribution in [0.2, 0.25) is 0 Å². The predicted molar refractivity (Wildman–Crippen MR) is 123 cm³/mol. The summed E-state index contributed by atoms with van der Waals surface area (Å²) >= 11 is 2.99. The molecule has 0 spiro atoms. The number of alkyl halides is 1. The highest BCUT2D eigenvalue weighted by Crippen LogP contribution is 2.47. The standard InChI is InChI=1S/C17H20BrN3O13P2/c18-7-13(23)19-9-1-3-10(4-2-9)33-36(29,30)31-8-11-14(24)15(34-35(26,27)28)16(32-11)21-6-5-12(22)20-17(21)25/h1-6,11,14-16,24H,7-8H2,(H,19,23)(H,29,30)(H,20,22,25)(H2,26,27,28). The smallest absolute Gasteiger partial charge is 0.404 e. The van der Waals surface area contributed by atoms with E-state index in [0.717, 1.165) is 12.3 Å². The molecule has 1 fully saturated rings. The number of hydrogen-bond acceptors (Lipinski definition) is 10. The maximum atomic E-state index is 12.4. The maximum Gasteiger partial charge on any atom is 0.527 e. The number of phosphoric acid groups is 2. The number of nitrogens with zero attached hydrogens (tertiary/aromatic N) is 1. The third-order valence-corrected chi connectivity index (χ3v) is 6.52. The van der Waals surface area contributed by atoms with E-state index < -0.39 is 58.0 Å². The minimum Gasteiger partial charge on any atom is -0.404 e. The second kappa shape index (κ2) is 11.5. The summed E-state index contributed by atoms with van der Waals surface area (Å²) in [5.41, 5.74) is -1.41. The van der Waals surface area contributed by atoms with Crippen LogP contribution in [0, 0.1) is 0 Å². The number of aromatic amines is 1. The van der Waals surface area contributed by atoms with Crippen molar-refractivity contribution in [1.29, 1.82) is 0 Å². The molecule has 1 saturated heterocycles. The first-order valence-corrected chi connectivity index (χ1v) is 13.9. The number of ether oxygens (including phenoxy) is 1. The molecular formula is C17H20BrN3O13P2. The number of rotatable bonds is 10. The van der Waals surface area contributed by atoms with Gasteiger partial charge in [0, 0.05) is 18.0 Å². The van der Waals surface area contributed by atoms with E-state index in [4.69, 9.17) is 13.8 Å². The van der Waals surface area contributed by atoms with E-state index in [1.165, 1.54) is 24.3 Å². The number of hydrogen-bond donors (Lipinski definition) is 6. The van der Waals surface area contributed by atoms with Gasteiger partial charge in [-0.15, -0.1) is 0 Å². The molecule has 6 N–H and O–H groups in total. The molecule has 1 aliphatic rings. The fourth-order valence-electron chi connectivity index (χ4n) is 3.10. The molecule has 0 bridgehead atoms. The van der Waals surface area contributed by atoms with Crippen molar-refractivity contribution in [2.45, 2.75) is 24.5 Å². The summed E-state index contributed by atoms with van der Waals surface area (Å²) in [5, 5.41) is 13.1. The number of carbonyl (C=O) groups excluding carboxylic acids is 1. The van der Waals surface area contributed by atoms with Crippen molar-refractivity contribution in [3.05, 3.63) is 57.4 Å². The number of nitrogens with one attached hydrogen (secondary N) is 2. The van der Waals surface area contributed by atoms with Crippen LogP contribution in [0.1, 0.15) is 6.23 Å². The van der Waals surface area contributed by atoms with Gasteiger partial charge in [-0.2, -0.15) is 0 Å². The van der Waals surface area contributed by atoms with Crippen molar-refractivity contribution < 1.29 is 52.0 Å². The largest absolute Gasteiger partial charge is 0.527 e. The average Bonchev–Trinajstić information content (AvgIpc) is 3.07. The second-order valence-corrected chi connectivity index (χ2v) is 10.3. The number of benzene rings is 1. The Morgan fingerprint density at radius 3 is 2.42 bits per heavy atom. The van der Waals surface area contributed by atoms with E-state index in [2.05, 4.69) is 25.8 Å².